The molecule has 0 aliphatic rings. The maximum atomic E-state index is 11.0. The summed E-state index contributed by atoms with van der Waals surface area (Å²) < 4.78 is 5.52. The molecule has 0 aliphatic carbocycles. The number of nitrogens with zero attached hydrogens (tertiary/aromatic N) is 2. The molecule has 84 valence electrons. The van der Waals surface area contributed by atoms with Crippen molar-refractivity contribution >= 4 is 5.97 Å². The second kappa shape index (κ2) is 4.76. The minimum atomic E-state index is -1.02. The normalized spacial score (nSPS) is 12.5. The Bertz CT molecular complexity index is 349. The quantitative estimate of drug-likeness (QED) is 0.542. The molecule has 1 aromatic heterocycles. The van der Waals surface area contributed by atoms with Crippen LogP contribution in [0.2, 0.25) is 0 Å². The predicted molar refractivity (Wildman–Crippen MR) is 48.3 cm³/mol. The SMILES string of the molecule is COC(=O)c1ncn(CC(O)CO)c1O. The van der Waals surface area contributed by atoms with E-state index in [1.807, 2.05) is 0 Å². The molecule has 0 spiro atoms. The van der Waals surface area contributed by atoms with Crippen LogP contribution in [0.3, 0.4) is 0 Å². The molecular weight excluding hydrogens is 204 g/mol. The Morgan fingerprint density at radius 1 is 1.73 bits per heavy atom. The molecule has 0 amide bonds. The van der Waals surface area contributed by atoms with Gasteiger partial charge in [0.2, 0.25) is 11.6 Å². The molecule has 7 heteroatoms. The Kier molecular flexibility index (Phi) is 3.64. The van der Waals surface area contributed by atoms with E-state index in [0.29, 0.717) is 0 Å². The fourth-order valence-electron chi connectivity index (χ4n) is 1.03. The minimum absolute atomic E-state index is 0.0493. The summed E-state index contributed by atoms with van der Waals surface area (Å²) in [5.74, 6) is -1.15. The number of aliphatic hydroxyl groups is 2. The highest BCUT2D eigenvalue weighted by atomic mass is 16.5. The number of carbonyl (C=O) groups is 1. The fourth-order valence-corrected chi connectivity index (χ4v) is 1.03. The first kappa shape index (κ1) is 11.5. The van der Waals surface area contributed by atoms with Gasteiger partial charge in [0.1, 0.15) is 0 Å². The third-order valence-corrected chi connectivity index (χ3v) is 1.81. The highest BCUT2D eigenvalue weighted by Gasteiger charge is 2.18. The molecule has 1 unspecified atom stereocenters. The Morgan fingerprint density at radius 2 is 2.40 bits per heavy atom. The van der Waals surface area contributed by atoms with Crippen molar-refractivity contribution in [2.75, 3.05) is 13.7 Å². The number of aromatic hydroxyl groups is 1. The van der Waals surface area contributed by atoms with Gasteiger partial charge in [0, 0.05) is 0 Å². The van der Waals surface area contributed by atoms with Gasteiger partial charge in [-0.2, -0.15) is 0 Å². The molecule has 7 nitrogen and oxygen atoms in total. The third kappa shape index (κ3) is 2.45. The molecule has 0 fully saturated rings. The first-order valence-electron chi connectivity index (χ1n) is 4.21. The van der Waals surface area contributed by atoms with Crippen molar-refractivity contribution in [2.24, 2.45) is 0 Å². The van der Waals surface area contributed by atoms with Crippen LogP contribution in [0.4, 0.5) is 0 Å². The molecule has 1 atom stereocenters. The number of hydrogen-bond acceptors (Lipinski definition) is 6. The summed E-state index contributed by atoms with van der Waals surface area (Å²) >= 11 is 0. The first-order chi connectivity index (χ1) is 7.10. The molecular formula is C8H12N2O5. The van der Waals surface area contributed by atoms with E-state index >= 15 is 0 Å². The van der Waals surface area contributed by atoms with Gasteiger partial charge in [0.25, 0.3) is 0 Å². The topological polar surface area (TPSA) is 105 Å². The van der Waals surface area contributed by atoms with Crippen molar-refractivity contribution in [3.63, 3.8) is 0 Å². The van der Waals surface area contributed by atoms with Gasteiger partial charge in [0.15, 0.2) is 0 Å². The summed E-state index contributed by atoms with van der Waals surface area (Å²) in [4.78, 5) is 14.7. The zero-order valence-electron chi connectivity index (χ0n) is 8.12. The summed E-state index contributed by atoms with van der Waals surface area (Å²) in [5.41, 5.74) is -0.220. The van der Waals surface area contributed by atoms with E-state index in [2.05, 4.69) is 9.72 Å². The van der Waals surface area contributed by atoms with Crippen LogP contribution >= 0.6 is 0 Å². The molecule has 0 aliphatic heterocycles. The maximum Gasteiger partial charge on any atom is 0.362 e. The van der Waals surface area contributed by atoms with E-state index in [9.17, 15) is 9.90 Å². The number of rotatable bonds is 4. The molecule has 0 radical (unpaired) electrons. The fraction of sp³-hybridized carbons (Fsp3) is 0.500. The number of imidazole rings is 1. The second-order valence-corrected chi connectivity index (χ2v) is 2.90. The van der Waals surface area contributed by atoms with Crippen LogP contribution in [-0.2, 0) is 11.3 Å². The molecule has 1 aromatic rings. The maximum absolute atomic E-state index is 11.0. The lowest BCUT2D eigenvalue weighted by Gasteiger charge is -2.08. The number of aliphatic hydroxyl groups excluding tert-OH is 2. The smallest absolute Gasteiger partial charge is 0.362 e. The molecule has 0 saturated heterocycles. The Balaban J connectivity index is 2.84. The van der Waals surface area contributed by atoms with Gasteiger partial charge in [-0.15, -0.1) is 0 Å². The largest absolute Gasteiger partial charge is 0.493 e. The van der Waals surface area contributed by atoms with Gasteiger partial charge in [-0.05, 0) is 0 Å². The van der Waals surface area contributed by atoms with Crippen molar-refractivity contribution in [1.82, 2.24) is 9.55 Å². The standard InChI is InChI=1S/C8H12N2O5/c1-15-8(14)6-7(13)10(4-9-6)2-5(12)3-11/h4-5,11-13H,2-3H2,1H3. The van der Waals surface area contributed by atoms with Crippen LogP contribution in [0.25, 0.3) is 0 Å². The van der Waals surface area contributed by atoms with Crippen LogP contribution in [0, 0.1) is 0 Å². The van der Waals surface area contributed by atoms with E-state index in [1.54, 1.807) is 0 Å². The van der Waals surface area contributed by atoms with Crippen molar-refractivity contribution in [3.05, 3.63) is 12.0 Å². The zero-order chi connectivity index (χ0) is 11.4. The van der Waals surface area contributed by atoms with E-state index in [1.165, 1.54) is 13.4 Å². The second-order valence-electron chi connectivity index (χ2n) is 2.90. The molecule has 0 bridgehead atoms. The molecule has 1 rings (SSSR count). The number of hydrogen-bond donors (Lipinski definition) is 3. The molecule has 15 heavy (non-hydrogen) atoms. The average Bonchev–Trinajstić information content (AvgIpc) is 2.59. The average molecular weight is 216 g/mol. The van der Waals surface area contributed by atoms with Crippen LogP contribution in [0.5, 0.6) is 5.88 Å². The summed E-state index contributed by atoms with van der Waals surface area (Å²) in [6.07, 6.45) is 0.163. The number of aromatic nitrogens is 2. The van der Waals surface area contributed by atoms with Crippen molar-refractivity contribution in [3.8, 4) is 5.88 Å². The van der Waals surface area contributed by atoms with Crippen LogP contribution in [-0.4, -0.2) is 50.7 Å². The highest BCUT2D eigenvalue weighted by molar-refractivity contribution is 5.89. The highest BCUT2D eigenvalue weighted by Crippen LogP contribution is 2.16. The van der Waals surface area contributed by atoms with Crippen molar-refractivity contribution in [2.45, 2.75) is 12.6 Å². The predicted octanol–water partition coefficient (Wildman–Crippen LogP) is -1.27. The minimum Gasteiger partial charge on any atom is -0.493 e. The molecule has 3 N–H and O–H groups in total. The Hall–Kier alpha value is -1.60. The summed E-state index contributed by atoms with van der Waals surface area (Å²) in [5, 5.41) is 27.2. The lowest BCUT2D eigenvalue weighted by atomic mass is 10.4. The number of carbonyl (C=O) groups excluding carboxylic acids is 1. The van der Waals surface area contributed by atoms with Crippen LogP contribution < -0.4 is 0 Å². The van der Waals surface area contributed by atoms with Gasteiger partial charge < -0.3 is 20.1 Å². The molecule has 1 heterocycles. The third-order valence-electron chi connectivity index (χ3n) is 1.81. The van der Waals surface area contributed by atoms with Gasteiger partial charge in [-0.1, -0.05) is 0 Å². The molecule has 0 saturated carbocycles. The summed E-state index contributed by atoms with van der Waals surface area (Å²) in [6, 6.07) is 0. The number of methoxy groups -OCH3 is 1. The van der Waals surface area contributed by atoms with Gasteiger partial charge in [-0.25, -0.2) is 9.78 Å². The lowest BCUT2D eigenvalue weighted by molar-refractivity contribution is 0.0588. The summed E-state index contributed by atoms with van der Waals surface area (Å²) in [7, 11) is 1.17. The van der Waals surface area contributed by atoms with Gasteiger partial charge in [0.05, 0.1) is 32.7 Å². The first-order valence-corrected chi connectivity index (χ1v) is 4.21. The van der Waals surface area contributed by atoms with Gasteiger partial charge in [-0.3, -0.25) is 4.57 Å². The number of ether oxygens (including phenoxy) is 1. The molecule has 0 aromatic carbocycles. The van der Waals surface area contributed by atoms with Crippen LogP contribution in [0.1, 0.15) is 10.5 Å². The monoisotopic (exact) mass is 216 g/mol. The van der Waals surface area contributed by atoms with E-state index in [4.69, 9.17) is 10.2 Å². The Morgan fingerprint density at radius 3 is 2.93 bits per heavy atom. The summed E-state index contributed by atoms with van der Waals surface area (Å²) in [6.45, 7) is -0.489. The van der Waals surface area contributed by atoms with Crippen molar-refractivity contribution < 1.29 is 24.9 Å². The Labute approximate surface area is 85.6 Å². The van der Waals surface area contributed by atoms with Crippen molar-refractivity contribution in [1.29, 1.82) is 0 Å². The zero-order valence-corrected chi connectivity index (χ0v) is 8.12. The van der Waals surface area contributed by atoms with Crippen LogP contribution in [0.15, 0.2) is 6.33 Å². The number of esters is 1. The lowest BCUT2D eigenvalue weighted by Crippen LogP contribution is -2.19. The van der Waals surface area contributed by atoms with E-state index < -0.39 is 24.6 Å². The van der Waals surface area contributed by atoms with E-state index in [0.717, 1.165) is 4.57 Å². The van der Waals surface area contributed by atoms with Gasteiger partial charge >= 0.3 is 5.97 Å². The van der Waals surface area contributed by atoms with E-state index in [-0.39, 0.29) is 12.2 Å².